The van der Waals surface area contributed by atoms with Crippen molar-refractivity contribution in [2.75, 3.05) is 33.3 Å². The van der Waals surface area contributed by atoms with E-state index in [9.17, 15) is 4.79 Å². The van der Waals surface area contributed by atoms with Crippen LogP contribution in [0.2, 0.25) is 0 Å². The number of amides is 1. The molecule has 1 heterocycles. The number of likely N-dealkylation sites (tertiary alicyclic amines) is 1. The second-order valence-corrected chi connectivity index (χ2v) is 5.57. The quantitative estimate of drug-likeness (QED) is 0.774. The molecule has 116 valence electrons. The number of carbonyl (C=O) groups excluding carboxylic acids is 1. The third-order valence-electron chi connectivity index (χ3n) is 4.36. The zero-order valence-corrected chi connectivity index (χ0v) is 13.3. The molecular weight excluding hydrogens is 264 g/mol. The minimum absolute atomic E-state index is 0.306. The van der Waals surface area contributed by atoms with E-state index in [1.54, 1.807) is 7.11 Å². The van der Waals surface area contributed by atoms with Crippen molar-refractivity contribution in [1.82, 2.24) is 9.80 Å². The van der Waals surface area contributed by atoms with E-state index in [-0.39, 0.29) is 0 Å². The predicted octanol–water partition coefficient (Wildman–Crippen LogP) is 2.70. The highest BCUT2D eigenvalue weighted by atomic mass is 16.5. The number of likely N-dealkylation sites (N-methyl/N-ethyl adjacent to an activating group) is 1. The van der Waals surface area contributed by atoms with E-state index in [0.29, 0.717) is 11.9 Å². The molecule has 0 spiro atoms. The second kappa shape index (κ2) is 7.46. The van der Waals surface area contributed by atoms with Crippen LogP contribution in [0.25, 0.3) is 0 Å². The van der Waals surface area contributed by atoms with Gasteiger partial charge in [0, 0.05) is 32.1 Å². The molecule has 1 unspecified atom stereocenters. The van der Waals surface area contributed by atoms with E-state index >= 15 is 0 Å². The highest BCUT2D eigenvalue weighted by molar-refractivity contribution is 5.78. The maximum atomic E-state index is 11.7. The lowest BCUT2D eigenvalue weighted by atomic mass is 10.1. The highest BCUT2D eigenvalue weighted by Crippen LogP contribution is 2.23. The third-order valence-corrected chi connectivity index (χ3v) is 4.36. The van der Waals surface area contributed by atoms with Crippen LogP contribution >= 0.6 is 0 Å². The van der Waals surface area contributed by atoms with Gasteiger partial charge in [-0.15, -0.1) is 0 Å². The molecule has 0 bridgehead atoms. The Hall–Kier alpha value is -1.55. The Labute approximate surface area is 127 Å². The van der Waals surface area contributed by atoms with Gasteiger partial charge < -0.3 is 9.64 Å². The van der Waals surface area contributed by atoms with E-state index in [0.717, 1.165) is 44.8 Å². The van der Waals surface area contributed by atoms with Gasteiger partial charge in [-0.1, -0.05) is 19.1 Å². The van der Waals surface area contributed by atoms with Crippen molar-refractivity contribution in [1.29, 1.82) is 0 Å². The Balaban J connectivity index is 1.97. The molecule has 0 N–H and O–H groups in total. The molecule has 0 aromatic heterocycles. The maximum absolute atomic E-state index is 11.7. The Kier molecular flexibility index (Phi) is 5.62. The molecule has 4 nitrogen and oxygen atoms in total. The molecule has 0 aliphatic carbocycles. The number of nitrogens with zero attached hydrogens (tertiary/aromatic N) is 2. The van der Waals surface area contributed by atoms with Gasteiger partial charge in [-0.3, -0.25) is 9.69 Å². The van der Waals surface area contributed by atoms with Crippen molar-refractivity contribution in [3.05, 3.63) is 29.8 Å². The molecule has 1 aromatic carbocycles. The average molecular weight is 290 g/mol. The molecule has 1 saturated heterocycles. The predicted molar refractivity (Wildman–Crippen MR) is 84.5 cm³/mol. The van der Waals surface area contributed by atoms with Crippen molar-refractivity contribution in [3.8, 4) is 5.75 Å². The number of hydrogen-bond acceptors (Lipinski definition) is 3. The number of benzene rings is 1. The van der Waals surface area contributed by atoms with Crippen molar-refractivity contribution >= 4 is 5.91 Å². The fraction of sp³-hybridized carbons (Fsp3) is 0.588. The number of hydrogen-bond donors (Lipinski definition) is 0. The van der Waals surface area contributed by atoms with Crippen LogP contribution in [0.15, 0.2) is 24.3 Å². The highest BCUT2D eigenvalue weighted by Gasteiger charge is 2.22. The van der Waals surface area contributed by atoms with Crippen molar-refractivity contribution in [3.63, 3.8) is 0 Å². The lowest BCUT2D eigenvalue weighted by Gasteiger charge is -2.30. The van der Waals surface area contributed by atoms with Gasteiger partial charge in [0.1, 0.15) is 5.75 Å². The lowest BCUT2D eigenvalue weighted by Crippen LogP contribution is -2.37. The Morgan fingerprint density at radius 3 is 2.86 bits per heavy atom. The molecule has 1 fully saturated rings. The molecule has 0 saturated carbocycles. The van der Waals surface area contributed by atoms with Crippen LogP contribution in [0.4, 0.5) is 0 Å². The molecule has 1 atom stereocenters. The smallest absolute Gasteiger partial charge is 0.222 e. The molecule has 1 amide bonds. The van der Waals surface area contributed by atoms with Crippen molar-refractivity contribution in [2.45, 2.75) is 32.7 Å². The van der Waals surface area contributed by atoms with Crippen molar-refractivity contribution < 1.29 is 9.53 Å². The van der Waals surface area contributed by atoms with Crippen LogP contribution in [0.1, 0.15) is 38.3 Å². The van der Waals surface area contributed by atoms with Crippen LogP contribution < -0.4 is 4.74 Å². The molecule has 1 aromatic rings. The molecule has 1 aliphatic rings. The van der Waals surface area contributed by atoms with Crippen LogP contribution in [0.3, 0.4) is 0 Å². The summed E-state index contributed by atoms with van der Waals surface area (Å²) in [5, 5.41) is 0. The first kappa shape index (κ1) is 15.8. The maximum Gasteiger partial charge on any atom is 0.222 e. The fourth-order valence-corrected chi connectivity index (χ4v) is 2.93. The van der Waals surface area contributed by atoms with Gasteiger partial charge >= 0.3 is 0 Å². The summed E-state index contributed by atoms with van der Waals surface area (Å²) < 4.78 is 5.30. The molecule has 2 rings (SSSR count). The number of methoxy groups -OCH3 is 1. The normalized spacial score (nSPS) is 16.6. The first-order chi connectivity index (χ1) is 10.2. The molecular formula is C17H26N2O2. The van der Waals surface area contributed by atoms with Crippen LogP contribution in [0, 0.1) is 0 Å². The van der Waals surface area contributed by atoms with E-state index in [2.05, 4.69) is 30.9 Å². The van der Waals surface area contributed by atoms with Gasteiger partial charge in [0.25, 0.3) is 0 Å². The van der Waals surface area contributed by atoms with Gasteiger partial charge in [0.05, 0.1) is 7.11 Å². The van der Waals surface area contributed by atoms with Gasteiger partial charge in [0.2, 0.25) is 5.91 Å². The summed E-state index contributed by atoms with van der Waals surface area (Å²) in [6.45, 7) is 8.03. The lowest BCUT2D eigenvalue weighted by molar-refractivity contribution is -0.127. The number of carbonyl (C=O) groups is 1. The third kappa shape index (κ3) is 3.97. The van der Waals surface area contributed by atoms with Gasteiger partial charge in [-0.2, -0.15) is 0 Å². The Bertz CT molecular complexity index is 476. The first-order valence-corrected chi connectivity index (χ1v) is 7.81. The SMILES string of the molecule is CCN(CCN1CCCC1=O)C(C)c1cccc(OC)c1. The largest absolute Gasteiger partial charge is 0.497 e. The first-order valence-electron chi connectivity index (χ1n) is 7.81. The van der Waals surface area contributed by atoms with Gasteiger partial charge in [-0.25, -0.2) is 0 Å². The number of rotatable bonds is 7. The summed E-state index contributed by atoms with van der Waals surface area (Å²) in [5.41, 5.74) is 1.25. The fourth-order valence-electron chi connectivity index (χ4n) is 2.93. The Morgan fingerprint density at radius 1 is 1.43 bits per heavy atom. The zero-order valence-electron chi connectivity index (χ0n) is 13.3. The Morgan fingerprint density at radius 2 is 2.24 bits per heavy atom. The van der Waals surface area contributed by atoms with E-state index in [1.807, 2.05) is 17.0 Å². The van der Waals surface area contributed by atoms with Gasteiger partial charge in [0.15, 0.2) is 0 Å². The summed E-state index contributed by atoms with van der Waals surface area (Å²) in [6, 6.07) is 8.55. The summed E-state index contributed by atoms with van der Waals surface area (Å²) in [5.74, 6) is 1.20. The van der Waals surface area contributed by atoms with E-state index < -0.39 is 0 Å². The van der Waals surface area contributed by atoms with Crippen LogP contribution in [-0.2, 0) is 4.79 Å². The second-order valence-electron chi connectivity index (χ2n) is 5.57. The molecule has 21 heavy (non-hydrogen) atoms. The van der Waals surface area contributed by atoms with E-state index in [4.69, 9.17) is 4.74 Å². The minimum Gasteiger partial charge on any atom is -0.497 e. The summed E-state index contributed by atoms with van der Waals surface area (Å²) in [4.78, 5) is 16.1. The summed E-state index contributed by atoms with van der Waals surface area (Å²) >= 11 is 0. The number of ether oxygens (including phenoxy) is 1. The van der Waals surface area contributed by atoms with Crippen LogP contribution in [0.5, 0.6) is 5.75 Å². The van der Waals surface area contributed by atoms with Gasteiger partial charge in [-0.05, 0) is 37.6 Å². The topological polar surface area (TPSA) is 32.8 Å². The van der Waals surface area contributed by atoms with E-state index in [1.165, 1.54) is 5.56 Å². The van der Waals surface area contributed by atoms with Crippen LogP contribution in [-0.4, -0.2) is 49.0 Å². The minimum atomic E-state index is 0.306. The standard InChI is InChI=1S/C17H26N2O2/c1-4-18(11-12-19-10-6-9-17(19)20)14(2)15-7-5-8-16(13-15)21-3/h5,7-8,13-14H,4,6,9-12H2,1-3H3. The monoisotopic (exact) mass is 290 g/mol. The molecule has 0 radical (unpaired) electrons. The molecule has 1 aliphatic heterocycles. The summed E-state index contributed by atoms with van der Waals surface area (Å²) in [6.07, 6.45) is 1.73. The molecule has 4 heteroatoms. The average Bonchev–Trinajstić information content (AvgIpc) is 2.93. The zero-order chi connectivity index (χ0) is 15.2. The summed E-state index contributed by atoms with van der Waals surface area (Å²) in [7, 11) is 1.69. The van der Waals surface area contributed by atoms with Crippen molar-refractivity contribution in [2.24, 2.45) is 0 Å².